The number of aromatic nitrogens is 1. The average molecular weight is 385 g/mol. The van der Waals surface area contributed by atoms with Gasteiger partial charge in [0.05, 0.1) is 17.1 Å². The molecule has 140 valence electrons. The average Bonchev–Trinajstić information content (AvgIpc) is 2.62. The molecule has 0 saturated carbocycles. The van der Waals surface area contributed by atoms with E-state index in [0.717, 1.165) is 16.3 Å². The predicted molar refractivity (Wildman–Crippen MR) is 102 cm³/mol. The number of carboxylic acids is 1. The molecular formula is C20H19NO5S. The van der Waals surface area contributed by atoms with Crippen LogP contribution in [0.15, 0.2) is 53.6 Å². The molecule has 3 rings (SSSR count). The van der Waals surface area contributed by atoms with Gasteiger partial charge in [0.25, 0.3) is 0 Å². The number of fused-ring (bicyclic) bond motifs is 1. The monoisotopic (exact) mass is 385 g/mol. The molecule has 0 radical (unpaired) electrons. The van der Waals surface area contributed by atoms with Crippen molar-refractivity contribution in [1.29, 1.82) is 0 Å². The first-order valence-electron chi connectivity index (χ1n) is 8.40. The van der Waals surface area contributed by atoms with Gasteiger partial charge in [-0.15, -0.1) is 0 Å². The van der Waals surface area contributed by atoms with Gasteiger partial charge in [-0.3, -0.25) is 4.79 Å². The van der Waals surface area contributed by atoms with Crippen LogP contribution in [0.3, 0.4) is 0 Å². The number of rotatable bonds is 6. The van der Waals surface area contributed by atoms with Crippen LogP contribution >= 0.6 is 0 Å². The lowest BCUT2D eigenvalue weighted by Gasteiger charge is -2.12. The highest BCUT2D eigenvalue weighted by atomic mass is 32.2. The lowest BCUT2D eigenvalue weighted by atomic mass is 10.0. The van der Waals surface area contributed by atoms with E-state index in [0.29, 0.717) is 11.3 Å². The van der Waals surface area contributed by atoms with Crippen LogP contribution < -0.4 is 4.74 Å². The molecule has 1 N–H and O–H groups in total. The molecule has 0 fully saturated rings. The van der Waals surface area contributed by atoms with Crippen LogP contribution in [0.5, 0.6) is 11.6 Å². The van der Waals surface area contributed by atoms with Crippen LogP contribution in [0.4, 0.5) is 0 Å². The molecule has 1 heterocycles. The third-order valence-electron chi connectivity index (χ3n) is 4.15. The predicted octanol–water partition coefficient (Wildman–Crippen LogP) is 3.76. The van der Waals surface area contributed by atoms with Gasteiger partial charge in [0.1, 0.15) is 5.75 Å². The Bertz CT molecular complexity index is 1110. The Morgan fingerprint density at radius 3 is 2.56 bits per heavy atom. The van der Waals surface area contributed by atoms with Crippen molar-refractivity contribution in [2.75, 3.05) is 5.75 Å². The van der Waals surface area contributed by atoms with E-state index in [1.165, 1.54) is 18.3 Å². The van der Waals surface area contributed by atoms with Gasteiger partial charge in [0, 0.05) is 17.6 Å². The number of ether oxygens (including phenoxy) is 1. The van der Waals surface area contributed by atoms with Gasteiger partial charge in [-0.25, -0.2) is 13.4 Å². The smallest absolute Gasteiger partial charge is 0.307 e. The fourth-order valence-electron chi connectivity index (χ4n) is 2.75. The summed E-state index contributed by atoms with van der Waals surface area (Å²) in [5.41, 5.74) is 1.65. The van der Waals surface area contributed by atoms with Gasteiger partial charge in [0.15, 0.2) is 9.84 Å². The molecule has 0 amide bonds. The fourth-order valence-corrected chi connectivity index (χ4v) is 3.57. The number of aliphatic carboxylic acids is 1. The first kappa shape index (κ1) is 18.8. The maximum Gasteiger partial charge on any atom is 0.307 e. The highest BCUT2D eigenvalue weighted by molar-refractivity contribution is 7.91. The van der Waals surface area contributed by atoms with Gasteiger partial charge in [-0.05, 0) is 36.1 Å². The van der Waals surface area contributed by atoms with Gasteiger partial charge in [-0.1, -0.05) is 30.7 Å². The summed E-state index contributed by atoms with van der Waals surface area (Å²) < 4.78 is 29.7. The molecule has 7 heteroatoms. The summed E-state index contributed by atoms with van der Waals surface area (Å²) in [7, 11) is -3.33. The number of sulfone groups is 1. The number of aryl methyl sites for hydroxylation is 1. The molecule has 2 aromatic carbocycles. The summed E-state index contributed by atoms with van der Waals surface area (Å²) in [5.74, 6) is -0.221. The molecule has 3 aromatic rings. The first-order valence-corrected chi connectivity index (χ1v) is 10.1. The Balaban J connectivity index is 2.02. The molecular weight excluding hydrogens is 366 g/mol. The van der Waals surface area contributed by atoms with Crippen LogP contribution in [-0.2, 0) is 21.1 Å². The zero-order chi connectivity index (χ0) is 19.6. The van der Waals surface area contributed by atoms with E-state index in [1.54, 1.807) is 13.0 Å². The summed E-state index contributed by atoms with van der Waals surface area (Å²) >= 11 is 0. The molecule has 0 unspecified atom stereocenters. The van der Waals surface area contributed by atoms with Gasteiger partial charge in [-0.2, -0.15) is 0 Å². The largest absolute Gasteiger partial charge is 0.481 e. The van der Waals surface area contributed by atoms with Crippen LogP contribution in [0.1, 0.15) is 18.1 Å². The zero-order valence-electron chi connectivity index (χ0n) is 15.0. The molecule has 1 aromatic heterocycles. The number of benzene rings is 2. The second-order valence-corrected chi connectivity index (χ2v) is 8.50. The Hall–Kier alpha value is -2.93. The van der Waals surface area contributed by atoms with E-state index in [4.69, 9.17) is 9.84 Å². The van der Waals surface area contributed by atoms with Crippen LogP contribution in [0, 0.1) is 6.92 Å². The standard InChI is InChI=1S/C20H19NO5S/c1-3-27(24,25)16-6-7-19(21-12-16)26-18-10-14(11-20(22)23)9-15-5-4-13(2)8-17(15)18/h4-10,12H,3,11H2,1-2H3,(H,22,23). The maximum atomic E-state index is 11.9. The quantitative estimate of drug-likeness (QED) is 0.694. The normalized spacial score (nSPS) is 11.5. The van der Waals surface area contributed by atoms with Crippen molar-refractivity contribution in [1.82, 2.24) is 4.98 Å². The Morgan fingerprint density at radius 1 is 1.15 bits per heavy atom. The third kappa shape index (κ3) is 4.25. The third-order valence-corrected chi connectivity index (χ3v) is 5.87. The minimum absolute atomic E-state index is 0.00394. The second-order valence-electron chi connectivity index (χ2n) is 6.23. The van der Waals surface area contributed by atoms with E-state index in [9.17, 15) is 13.2 Å². The van der Waals surface area contributed by atoms with Gasteiger partial charge in [0.2, 0.25) is 5.88 Å². The lowest BCUT2D eigenvalue weighted by Crippen LogP contribution is -2.04. The number of carboxylic acid groups (broad SMARTS) is 1. The van der Waals surface area contributed by atoms with Crippen LogP contribution in [0.25, 0.3) is 10.8 Å². The van der Waals surface area contributed by atoms with Crippen molar-refractivity contribution >= 4 is 26.6 Å². The number of carbonyl (C=O) groups is 1. The first-order chi connectivity index (χ1) is 12.8. The fraction of sp³-hybridized carbons (Fsp3) is 0.200. The summed E-state index contributed by atoms with van der Waals surface area (Å²) in [6.07, 6.45) is 1.14. The zero-order valence-corrected chi connectivity index (χ0v) is 15.8. The van der Waals surface area contributed by atoms with Crippen molar-refractivity contribution in [3.8, 4) is 11.6 Å². The van der Waals surface area contributed by atoms with E-state index < -0.39 is 15.8 Å². The van der Waals surface area contributed by atoms with Crippen molar-refractivity contribution < 1.29 is 23.1 Å². The van der Waals surface area contributed by atoms with Crippen molar-refractivity contribution in [3.63, 3.8) is 0 Å². The minimum Gasteiger partial charge on any atom is -0.481 e. The highest BCUT2D eigenvalue weighted by Gasteiger charge is 2.13. The molecule has 0 spiro atoms. The Labute approximate surface area is 157 Å². The molecule has 6 nitrogen and oxygen atoms in total. The summed E-state index contributed by atoms with van der Waals surface area (Å²) in [5, 5.41) is 10.8. The lowest BCUT2D eigenvalue weighted by molar-refractivity contribution is -0.136. The van der Waals surface area contributed by atoms with Crippen LogP contribution in [0.2, 0.25) is 0 Å². The molecule has 0 aliphatic carbocycles. The maximum absolute atomic E-state index is 11.9. The Morgan fingerprint density at radius 2 is 1.93 bits per heavy atom. The molecule has 0 saturated heterocycles. The van der Waals surface area contributed by atoms with Crippen LogP contribution in [-0.4, -0.2) is 30.2 Å². The number of hydrogen-bond acceptors (Lipinski definition) is 5. The van der Waals surface area contributed by atoms with Gasteiger partial charge < -0.3 is 9.84 Å². The number of nitrogens with zero attached hydrogens (tertiary/aromatic N) is 1. The number of pyridine rings is 1. The van der Waals surface area contributed by atoms with E-state index in [1.807, 2.05) is 31.2 Å². The molecule has 27 heavy (non-hydrogen) atoms. The molecule has 0 aliphatic heterocycles. The Kier molecular flexibility index (Phi) is 5.14. The van der Waals surface area contributed by atoms with E-state index in [2.05, 4.69) is 4.98 Å². The molecule has 0 bridgehead atoms. The summed E-state index contributed by atoms with van der Waals surface area (Å²) in [4.78, 5) is 15.3. The summed E-state index contributed by atoms with van der Waals surface area (Å²) in [6.45, 7) is 3.53. The number of hydrogen-bond donors (Lipinski definition) is 1. The molecule has 0 aliphatic rings. The van der Waals surface area contributed by atoms with Crippen molar-refractivity contribution in [3.05, 3.63) is 59.8 Å². The molecule has 0 atom stereocenters. The van der Waals surface area contributed by atoms with Crippen molar-refractivity contribution in [2.45, 2.75) is 25.2 Å². The van der Waals surface area contributed by atoms with E-state index >= 15 is 0 Å². The topological polar surface area (TPSA) is 93.6 Å². The summed E-state index contributed by atoms with van der Waals surface area (Å²) in [6, 6.07) is 12.2. The highest BCUT2D eigenvalue weighted by Crippen LogP contribution is 2.32. The van der Waals surface area contributed by atoms with Gasteiger partial charge >= 0.3 is 5.97 Å². The minimum atomic E-state index is -3.33. The SMILES string of the molecule is CCS(=O)(=O)c1ccc(Oc2cc(CC(=O)O)cc3ccc(C)cc23)nc1. The van der Waals surface area contributed by atoms with Crippen molar-refractivity contribution in [2.24, 2.45) is 0 Å². The second kappa shape index (κ2) is 7.36. The van der Waals surface area contributed by atoms with E-state index in [-0.39, 0.29) is 22.9 Å².